The van der Waals surface area contributed by atoms with Crippen LogP contribution in [0.5, 0.6) is 5.75 Å². The number of rotatable bonds is 5. The summed E-state index contributed by atoms with van der Waals surface area (Å²) in [4.78, 5) is 28.1. The minimum Gasteiger partial charge on any atom is -0.493 e. The highest BCUT2D eigenvalue weighted by molar-refractivity contribution is 5.94. The third-order valence-electron chi connectivity index (χ3n) is 4.32. The van der Waals surface area contributed by atoms with Gasteiger partial charge in [-0.3, -0.25) is 9.59 Å². The Morgan fingerprint density at radius 3 is 2.31 bits per heavy atom. The Kier molecular flexibility index (Phi) is 5.84. The van der Waals surface area contributed by atoms with Crippen molar-refractivity contribution in [3.8, 4) is 5.75 Å². The summed E-state index contributed by atoms with van der Waals surface area (Å²) in [7, 11) is 0. The number of carbonyl (C=O) groups is 2. The molecule has 2 amide bonds. The molecule has 1 aliphatic rings. The van der Waals surface area contributed by atoms with E-state index in [1.54, 1.807) is 15.9 Å². The van der Waals surface area contributed by atoms with Gasteiger partial charge in [0, 0.05) is 31.7 Å². The van der Waals surface area contributed by atoms with Gasteiger partial charge < -0.3 is 14.5 Å². The number of para-hydroxylation sites is 1. The average molecular weight is 356 g/mol. The number of benzene rings is 2. The molecule has 1 fully saturated rings. The molecular weight excluding hydrogens is 335 g/mol. The van der Waals surface area contributed by atoms with Gasteiger partial charge in [-0.1, -0.05) is 24.3 Å². The molecule has 0 N–H and O–H groups in total. The van der Waals surface area contributed by atoms with Crippen molar-refractivity contribution in [1.29, 1.82) is 0 Å². The Bertz CT molecular complexity index is 759. The van der Waals surface area contributed by atoms with Crippen molar-refractivity contribution >= 4 is 11.8 Å². The second-order valence-corrected chi connectivity index (χ2v) is 6.09. The van der Waals surface area contributed by atoms with Crippen molar-refractivity contribution in [2.24, 2.45) is 0 Å². The van der Waals surface area contributed by atoms with Crippen LogP contribution in [-0.2, 0) is 4.79 Å². The van der Waals surface area contributed by atoms with E-state index in [4.69, 9.17) is 4.74 Å². The number of hydrogen-bond acceptors (Lipinski definition) is 3. The van der Waals surface area contributed by atoms with Crippen LogP contribution in [0.25, 0.3) is 0 Å². The van der Waals surface area contributed by atoms with Crippen molar-refractivity contribution in [3.05, 3.63) is 66.0 Å². The van der Waals surface area contributed by atoms with E-state index in [1.165, 1.54) is 18.2 Å². The molecule has 3 rings (SSSR count). The summed E-state index contributed by atoms with van der Waals surface area (Å²) in [5.74, 6) is 0.122. The Morgan fingerprint density at radius 2 is 1.62 bits per heavy atom. The molecule has 0 aromatic heterocycles. The quantitative estimate of drug-likeness (QED) is 0.827. The van der Waals surface area contributed by atoms with Crippen LogP contribution in [0.4, 0.5) is 4.39 Å². The minimum atomic E-state index is -0.428. The van der Waals surface area contributed by atoms with Gasteiger partial charge in [0.15, 0.2) is 0 Å². The topological polar surface area (TPSA) is 49.9 Å². The molecule has 1 saturated heterocycles. The first-order valence-corrected chi connectivity index (χ1v) is 8.64. The maximum atomic E-state index is 13.3. The van der Waals surface area contributed by atoms with E-state index in [0.29, 0.717) is 44.8 Å². The molecule has 5 nitrogen and oxygen atoms in total. The predicted molar refractivity (Wildman–Crippen MR) is 95.4 cm³/mol. The van der Waals surface area contributed by atoms with Crippen LogP contribution in [0.15, 0.2) is 54.6 Å². The molecule has 0 saturated carbocycles. The molecule has 2 aromatic rings. The van der Waals surface area contributed by atoms with E-state index in [2.05, 4.69) is 0 Å². The van der Waals surface area contributed by atoms with Crippen molar-refractivity contribution < 1.29 is 18.7 Å². The van der Waals surface area contributed by atoms with Gasteiger partial charge in [-0.15, -0.1) is 0 Å². The fourth-order valence-corrected chi connectivity index (χ4v) is 2.89. The third kappa shape index (κ3) is 4.59. The number of halogens is 1. The fraction of sp³-hybridized carbons (Fsp3) is 0.300. The van der Waals surface area contributed by atoms with E-state index in [-0.39, 0.29) is 11.8 Å². The molecule has 1 heterocycles. The zero-order chi connectivity index (χ0) is 18.4. The zero-order valence-corrected chi connectivity index (χ0v) is 14.4. The third-order valence-corrected chi connectivity index (χ3v) is 4.32. The molecule has 0 spiro atoms. The van der Waals surface area contributed by atoms with Crippen LogP contribution >= 0.6 is 0 Å². The van der Waals surface area contributed by atoms with Gasteiger partial charge >= 0.3 is 0 Å². The smallest absolute Gasteiger partial charge is 0.254 e. The number of nitrogens with zero attached hydrogens (tertiary/aromatic N) is 2. The molecule has 0 atom stereocenters. The molecular formula is C20H21FN2O3. The van der Waals surface area contributed by atoms with Crippen molar-refractivity contribution in [1.82, 2.24) is 9.80 Å². The lowest BCUT2D eigenvalue weighted by Gasteiger charge is -2.34. The van der Waals surface area contributed by atoms with Gasteiger partial charge in [0.2, 0.25) is 5.91 Å². The van der Waals surface area contributed by atoms with Gasteiger partial charge in [0.05, 0.1) is 13.0 Å². The van der Waals surface area contributed by atoms with Gasteiger partial charge in [0.1, 0.15) is 11.6 Å². The second kappa shape index (κ2) is 8.47. The van der Waals surface area contributed by atoms with E-state index in [9.17, 15) is 14.0 Å². The molecule has 136 valence electrons. The molecule has 2 aromatic carbocycles. The highest BCUT2D eigenvalue weighted by atomic mass is 19.1. The van der Waals surface area contributed by atoms with E-state index < -0.39 is 5.82 Å². The van der Waals surface area contributed by atoms with Gasteiger partial charge in [0.25, 0.3) is 5.91 Å². The first kappa shape index (κ1) is 17.9. The van der Waals surface area contributed by atoms with Crippen LogP contribution in [0.1, 0.15) is 16.8 Å². The average Bonchev–Trinajstić information content (AvgIpc) is 2.68. The van der Waals surface area contributed by atoms with Gasteiger partial charge in [-0.05, 0) is 30.3 Å². The van der Waals surface area contributed by atoms with Crippen LogP contribution < -0.4 is 4.74 Å². The second-order valence-electron chi connectivity index (χ2n) is 6.09. The number of ether oxygens (including phenoxy) is 1. The summed E-state index contributed by atoms with van der Waals surface area (Å²) in [5.41, 5.74) is 0.334. The minimum absolute atomic E-state index is 0.0128. The molecule has 0 aliphatic carbocycles. The largest absolute Gasteiger partial charge is 0.493 e. The van der Waals surface area contributed by atoms with Crippen molar-refractivity contribution in [2.75, 3.05) is 32.8 Å². The molecule has 0 unspecified atom stereocenters. The highest BCUT2D eigenvalue weighted by Gasteiger charge is 2.24. The summed E-state index contributed by atoms with van der Waals surface area (Å²) in [5, 5.41) is 0. The summed E-state index contributed by atoms with van der Waals surface area (Å²) in [6, 6.07) is 15.0. The van der Waals surface area contributed by atoms with Crippen LogP contribution in [0.3, 0.4) is 0 Å². The van der Waals surface area contributed by atoms with Crippen LogP contribution in [0.2, 0.25) is 0 Å². The van der Waals surface area contributed by atoms with Crippen molar-refractivity contribution in [3.63, 3.8) is 0 Å². The maximum Gasteiger partial charge on any atom is 0.254 e. The lowest BCUT2D eigenvalue weighted by molar-refractivity contribution is -0.133. The Morgan fingerprint density at radius 1 is 0.923 bits per heavy atom. The lowest BCUT2D eigenvalue weighted by Crippen LogP contribution is -2.50. The number of hydrogen-bond donors (Lipinski definition) is 0. The van der Waals surface area contributed by atoms with E-state index in [1.807, 2.05) is 30.3 Å². The Hall–Kier alpha value is -2.89. The maximum absolute atomic E-state index is 13.3. The molecule has 0 bridgehead atoms. The Labute approximate surface area is 152 Å². The number of piperazine rings is 1. The highest BCUT2D eigenvalue weighted by Crippen LogP contribution is 2.12. The number of amides is 2. The predicted octanol–water partition coefficient (Wildman–Crippen LogP) is 2.58. The first-order chi connectivity index (χ1) is 12.6. The van der Waals surface area contributed by atoms with Gasteiger partial charge in [-0.25, -0.2) is 4.39 Å². The molecule has 6 heteroatoms. The van der Waals surface area contributed by atoms with Crippen LogP contribution in [-0.4, -0.2) is 54.4 Å². The zero-order valence-electron chi connectivity index (χ0n) is 14.4. The van der Waals surface area contributed by atoms with Gasteiger partial charge in [-0.2, -0.15) is 0 Å². The molecule has 0 radical (unpaired) electrons. The Balaban J connectivity index is 1.44. The molecule has 1 aliphatic heterocycles. The van der Waals surface area contributed by atoms with E-state index in [0.717, 1.165) is 5.75 Å². The summed E-state index contributed by atoms with van der Waals surface area (Å²) in [6.07, 6.45) is 0.298. The fourth-order valence-electron chi connectivity index (χ4n) is 2.89. The van der Waals surface area contributed by atoms with Crippen molar-refractivity contribution in [2.45, 2.75) is 6.42 Å². The monoisotopic (exact) mass is 356 g/mol. The van der Waals surface area contributed by atoms with Crippen LogP contribution in [0, 0.1) is 5.82 Å². The summed E-state index contributed by atoms with van der Waals surface area (Å²) >= 11 is 0. The first-order valence-electron chi connectivity index (χ1n) is 8.64. The summed E-state index contributed by atoms with van der Waals surface area (Å²) < 4.78 is 18.8. The summed E-state index contributed by atoms with van der Waals surface area (Å²) in [6.45, 7) is 2.17. The SMILES string of the molecule is O=C(CCOc1ccccc1)N1CCN(C(=O)c2cccc(F)c2)CC1. The van der Waals surface area contributed by atoms with E-state index >= 15 is 0 Å². The molecule has 26 heavy (non-hydrogen) atoms. The number of carbonyl (C=O) groups excluding carboxylic acids is 2. The normalized spacial score (nSPS) is 14.2. The standard InChI is InChI=1S/C20H21FN2O3/c21-17-6-4-5-16(15-17)20(25)23-12-10-22(11-13-23)19(24)9-14-26-18-7-2-1-3-8-18/h1-8,15H,9-14H2. The lowest BCUT2D eigenvalue weighted by atomic mass is 10.1.